The van der Waals surface area contributed by atoms with E-state index in [1.807, 2.05) is 12.1 Å². The van der Waals surface area contributed by atoms with Crippen molar-refractivity contribution < 1.29 is 23.6 Å². The summed E-state index contributed by atoms with van der Waals surface area (Å²) >= 11 is 12.5. The van der Waals surface area contributed by atoms with E-state index in [1.54, 1.807) is 96.4 Å². The van der Waals surface area contributed by atoms with Gasteiger partial charge >= 0.3 is 7.82 Å². The molecule has 2 N–H and O–H groups in total. The molecule has 2 aromatic heterocycles. The first-order chi connectivity index (χ1) is 19.0. The van der Waals surface area contributed by atoms with Crippen LogP contribution in [-0.2, 0) is 33.5 Å². The quantitative estimate of drug-likeness (QED) is 0.176. The minimum atomic E-state index is -4.85. The van der Waals surface area contributed by atoms with E-state index < -0.39 is 20.2 Å². The van der Waals surface area contributed by atoms with Gasteiger partial charge in [-0.05, 0) is 58.7 Å². The van der Waals surface area contributed by atoms with Crippen LogP contribution in [-0.4, -0.2) is 30.7 Å². The summed E-state index contributed by atoms with van der Waals surface area (Å²) in [7, 11) is -1.39. The van der Waals surface area contributed by atoms with Crippen molar-refractivity contribution >= 4 is 41.9 Å². The average molecular weight is 600 g/mol. The number of rotatable bonds is 8. The summed E-state index contributed by atoms with van der Waals surface area (Å²) < 4.78 is 25.9. The first kappa shape index (κ1) is 28.3. The number of hydrogen-bond acceptors (Lipinski definition) is 5. The normalized spacial score (nSPS) is 13.4. The summed E-state index contributed by atoms with van der Waals surface area (Å²) in [5, 5.41) is 1.73. The third-order valence-electron chi connectivity index (χ3n) is 6.71. The molecule has 0 saturated heterocycles. The van der Waals surface area contributed by atoms with Crippen LogP contribution in [0.3, 0.4) is 0 Å². The van der Waals surface area contributed by atoms with Crippen LogP contribution < -0.4 is 5.56 Å². The van der Waals surface area contributed by atoms with Gasteiger partial charge in [-0.3, -0.25) is 9.32 Å². The number of benzene rings is 3. The van der Waals surface area contributed by atoms with Crippen molar-refractivity contribution in [2.45, 2.75) is 5.60 Å². The Morgan fingerprint density at radius 3 is 2.33 bits per heavy atom. The number of nitrogens with zero attached hydrogens (tertiary/aromatic N) is 3. The van der Waals surface area contributed by atoms with Crippen molar-refractivity contribution in [2.75, 3.05) is 6.79 Å². The molecule has 3 aromatic carbocycles. The molecule has 0 aliphatic carbocycles. The van der Waals surface area contributed by atoms with E-state index in [4.69, 9.17) is 32.5 Å². The number of aryl methyl sites for hydroxylation is 2. The number of aromatic nitrogens is 3. The lowest BCUT2D eigenvalue weighted by Crippen LogP contribution is -2.35. The Bertz CT molecular complexity index is 1820. The van der Waals surface area contributed by atoms with E-state index in [0.29, 0.717) is 37.9 Å². The Balaban J connectivity index is 1.84. The first-order valence-corrected chi connectivity index (χ1v) is 14.3. The van der Waals surface area contributed by atoms with Crippen LogP contribution >= 0.6 is 31.0 Å². The molecule has 0 aliphatic heterocycles. The van der Waals surface area contributed by atoms with Crippen molar-refractivity contribution in [1.82, 2.24) is 14.1 Å². The van der Waals surface area contributed by atoms with Crippen molar-refractivity contribution in [1.29, 1.82) is 0 Å². The lowest BCUT2D eigenvalue weighted by molar-refractivity contribution is -0.0775. The molecule has 40 heavy (non-hydrogen) atoms. The van der Waals surface area contributed by atoms with Gasteiger partial charge in [0.2, 0.25) is 0 Å². The third-order valence-corrected chi connectivity index (χ3v) is 7.64. The van der Waals surface area contributed by atoms with E-state index in [2.05, 4.69) is 4.98 Å². The minimum absolute atomic E-state index is 0.197. The minimum Gasteiger partial charge on any atom is -0.335 e. The molecule has 0 unspecified atom stereocenters. The smallest absolute Gasteiger partial charge is 0.335 e. The maximum Gasteiger partial charge on any atom is 0.471 e. The lowest BCUT2D eigenvalue weighted by atomic mass is 9.82. The molecule has 206 valence electrons. The Kier molecular flexibility index (Phi) is 7.74. The first-order valence-electron chi connectivity index (χ1n) is 12.0. The van der Waals surface area contributed by atoms with Crippen LogP contribution in [0.4, 0.5) is 0 Å². The molecule has 0 fully saturated rings. The zero-order valence-electron chi connectivity index (χ0n) is 21.4. The molecule has 0 aliphatic rings. The fraction of sp³-hybridized carbons (Fsp3) is 0.143. The predicted octanol–water partition coefficient (Wildman–Crippen LogP) is 5.62. The highest BCUT2D eigenvalue weighted by Gasteiger charge is 2.41. The van der Waals surface area contributed by atoms with Crippen LogP contribution in [0.25, 0.3) is 22.0 Å². The van der Waals surface area contributed by atoms with Gasteiger partial charge in [-0.1, -0.05) is 53.5 Å². The summed E-state index contributed by atoms with van der Waals surface area (Å²) in [6.45, 7) is -0.745. The number of ether oxygens (including phenoxy) is 1. The second kappa shape index (κ2) is 11.0. The van der Waals surface area contributed by atoms with Crippen LogP contribution in [0.15, 0.2) is 90.1 Å². The molecular formula is C28H24Cl2N3O6P. The van der Waals surface area contributed by atoms with Gasteiger partial charge in [0, 0.05) is 35.6 Å². The van der Waals surface area contributed by atoms with Gasteiger partial charge in [0.25, 0.3) is 5.56 Å². The number of halogens is 2. The molecule has 9 nitrogen and oxygen atoms in total. The number of phosphoric ester groups is 1. The number of phosphoric acid groups is 1. The molecule has 5 rings (SSSR count). The fourth-order valence-electron chi connectivity index (χ4n) is 4.84. The molecule has 0 spiro atoms. The molecule has 5 aromatic rings. The summed E-state index contributed by atoms with van der Waals surface area (Å²) in [6, 6.07) is 21.1. The van der Waals surface area contributed by atoms with Crippen LogP contribution in [0.1, 0.15) is 16.8 Å². The highest BCUT2D eigenvalue weighted by atomic mass is 35.5. The molecule has 2 heterocycles. The molecular weight excluding hydrogens is 576 g/mol. The highest BCUT2D eigenvalue weighted by Crippen LogP contribution is 2.44. The molecule has 0 saturated carbocycles. The van der Waals surface area contributed by atoms with Gasteiger partial charge in [-0.2, -0.15) is 0 Å². The second-order valence-corrected chi connectivity index (χ2v) is 11.3. The van der Waals surface area contributed by atoms with E-state index >= 15 is 0 Å². The zero-order chi connectivity index (χ0) is 28.7. The largest absolute Gasteiger partial charge is 0.471 e. The lowest BCUT2D eigenvalue weighted by Gasteiger charge is -2.35. The van der Waals surface area contributed by atoms with Gasteiger partial charge in [0.05, 0.1) is 23.7 Å². The van der Waals surface area contributed by atoms with Crippen molar-refractivity contribution in [3.05, 3.63) is 123 Å². The molecule has 1 atom stereocenters. The van der Waals surface area contributed by atoms with Crippen molar-refractivity contribution in [3.63, 3.8) is 0 Å². The molecule has 0 amide bonds. The van der Waals surface area contributed by atoms with Gasteiger partial charge in [-0.15, -0.1) is 0 Å². The van der Waals surface area contributed by atoms with Crippen molar-refractivity contribution in [3.8, 4) is 11.1 Å². The highest BCUT2D eigenvalue weighted by molar-refractivity contribution is 7.46. The van der Waals surface area contributed by atoms with Crippen LogP contribution in [0.2, 0.25) is 10.0 Å². The van der Waals surface area contributed by atoms with E-state index in [1.165, 1.54) is 0 Å². The molecule has 12 heteroatoms. The number of pyridine rings is 1. The Labute approximate surface area is 239 Å². The number of hydrogen-bond donors (Lipinski definition) is 2. The zero-order valence-corrected chi connectivity index (χ0v) is 23.8. The van der Waals surface area contributed by atoms with Gasteiger partial charge in [0.15, 0.2) is 12.4 Å². The van der Waals surface area contributed by atoms with E-state index in [-0.39, 0.29) is 5.56 Å². The van der Waals surface area contributed by atoms with Crippen molar-refractivity contribution in [2.24, 2.45) is 14.1 Å². The maximum absolute atomic E-state index is 12.9. The summed E-state index contributed by atoms with van der Waals surface area (Å²) in [5.74, 6) is 0. The molecule has 0 bridgehead atoms. The summed E-state index contributed by atoms with van der Waals surface area (Å²) in [6.07, 6.45) is 3.20. The summed E-state index contributed by atoms with van der Waals surface area (Å²) in [4.78, 5) is 36.0. The second-order valence-electron chi connectivity index (χ2n) is 9.16. The molecule has 0 radical (unpaired) electrons. The van der Waals surface area contributed by atoms with Gasteiger partial charge < -0.3 is 23.7 Å². The Morgan fingerprint density at radius 1 is 0.950 bits per heavy atom. The fourth-order valence-corrected chi connectivity index (χ4v) is 5.35. The monoisotopic (exact) mass is 599 g/mol. The SMILES string of the molecule is Cn1cncc1[C@@](OCOP(=O)(O)O)(c1ccc(Cl)cc1)c1ccc2c(c1)c(-c1cccc(Cl)c1)cc(=O)n2C. The van der Waals surface area contributed by atoms with Gasteiger partial charge in [0.1, 0.15) is 0 Å². The Morgan fingerprint density at radius 2 is 1.68 bits per heavy atom. The number of fused-ring (bicyclic) bond motifs is 1. The summed E-state index contributed by atoms with van der Waals surface area (Å²) in [5.41, 5.74) is 2.15. The standard InChI is InChI=1S/C28H24Cl2N3O6P/c1-32-16-31-15-26(32)28(38-17-39-40(35,36)37,19-6-9-21(29)10-7-19)20-8-11-25-24(13-20)23(14-27(34)33(25)2)18-4-3-5-22(30)12-18/h3-16H,17H2,1-2H3,(H2,35,36,37)/t28-/m1/s1. The van der Waals surface area contributed by atoms with E-state index in [0.717, 1.165) is 10.9 Å². The average Bonchev–Trinajstić information content (AvgIpc) is 3.34. The Hall–Kier alpha value is -3.27. The number of imidazole rings is 1. The van der Waals surface area contributed by atoms with E-state index in [9.17, 15) is 19.1 Å². The maximum atomic E-state index is 12.9. The van der Waals surface area contributed by atoms with Gasteiger partial charge in [-0.25, -0.2) is 9.55 Å². The van der Waals surface area contributed by atoms with Crippen LogP contribution in [0.5, 0.6) is 0 Å². The predicted molar refractivity (Wildman–Crippen MR) is 153 cm³/mol. The topological polar surface area (TPSA) is 116 Å². The third kappa shape index (κ3) is 5.38. The van der Waals surface area contributed by atoms with Crippen LogP contribution in [0, 0.1) is 0 Å².